The lowest BCUT2D eigenvalue weighted by Crippen LogP contribution is -2.14. The van der Waals surface area contributed by atoms with Crippen molar-refractivity contribution in [2.75, 3.05) is 11.9 Å². The minimum atomic E-state index is -0.148. The van der Waals surface area contributed by atoms with Crippen molar-refractivity contribution >= 4 is 45.9 Å². The molecule has 4 rings (SSSR count). The molecule has 5 nitrogen and oxygen atoms in total. The number of amides is 1. The number of nitrogens with two attached hydrogens (primary N) is 1. The number of hydrogen-bond donors (Lipinski definition) is 2. The van der Waals surface area contributed by atoms with Gasteiger partial charge in [0.15, 0.2) is 0 Å². The summed E-state index contributed by atoms with van der Waals surface area (Å²) in [6.45, 7) is 0.644. The Morgan fingerprint density at radius 3 is 2.83 bits per heavy atom. The number of fused-ring (bicyclic) bond motifs is 1. The standard InChI is InChI=1S/C22H22ClN3O2S/c23-19-4-2-1-3-15(19)11-21(27)26-16-12-18-17(20(13-16)29-24)7-9-25-22(18)28-10-8-14-5-6-14/h1-4,7,9,12-14H,5-6,8,10-11,24H2,(H,26,27). The van der Waals surface area contributed by atoms with Gasteiger partial charge in [0.1, 0.15) is 0 Å². The maximum absolute atomic E-state index is 12.6. The maximum atomic E-state index is 12.6. The molecule has 1 fully saturated rings. The minimum absolute atomic E-state index is 0.148. The van der Waals surface area contributed by atoms with Gasteiger partial charge in [-0.1, -0.05) is 42.6 Å². The highest BCUT2D eigenvalue weighted by atomic mass is 35.5. The van der Waals surface area contributed by atoms with Crippen molar-refractivity contribution in [1.29, 1.82) is 0 Å². The number of halogens is 1. The Labute approximate surface area is 179 Å². The highest BCUT2D eigenvalue weighted by Crippen LogP contribution is 2.35. The van der Waals surface area contributed by atoms with Crippen LogP contribution in [0.2, 0.25) is 5.02 Å². The Morgan fingerprint density at radius 2 is 2.07 bits per heavy atom. The first kappa shape index (κ1) is 20.0. The number of rotatable bonds is 8. The summed E-state index contributed by atoms with van der Waals surface area (Å²) in [5.41, 5.74) is 1.44. The van der Waals surface area contributed by atoms with Crippen LogP contribution in [0.3, 0.4) is 0 Å². The van der Waals surface area contributed by atoms with E-state index in [4.69, 9.17) is 21.5 Å². The number of aromatic nitrogens is 1. The van der Waals surface area contributed by atoms with Crippen molar-refractivity contribution in [3.63, 3.8) is 0 Å². The highest BCUT2D eigenvalue weighted by Gasteiger charge is 2.21. The molecule has 150 valence electrons. The zero-order chi connectivity index (χ0) is 20.2. The van der Waals surface area contributed by atoms with Crippen LogP contribution in [0.1, 0.15) is 24.8 Å². The maximum Gasteiger partial charge on any atom is 0.228 e. The van der Waals surface area contributed by atoms with Crippen molar-refractivity contribution < 1.29 is 9.53 Å². The smallest absolute Gasteiger partial charge is 0.228 e. The van der Waals surface area contributed by atoms with E-state index in [9.17, 15) is 4.79 Å². The quantitative estimate of drug-likeness (QED) is 0.482. The summed E-state index contributed by atoms with van der Waals surface area (Å²) in [7, 11) is 0. The summed E-state index contributed by atoms with van der Waals surface area (Å²) in [5, 5.41) is 11.2. The molecule has 3 N–H and O–H groups in total. The Morgan fingerprint density at radius 1 is 1.24 bits per heavy atom. The molecule has 1 heterocycles. The fraction of sp³-hybridized carbons (Fsp3) is 0.273. The Balaban J connectivity index is 1.56. The highest BCUT2D eigenvalue weighted by molar-refractivity contribution is 7.97. The normalized spacial score (nSPS) is 13.4. The van der Waals surface area contributed by atoms with Gasteiger partial charge in [0, 0.05) is 32.6 Å². The summed E-state index contributed by atoms with van der Waals surface area (Å²) in [4.78, 5) is 17.8. The second kappa shape index (κ2) is 9.03. The molecule has 0 aliphatic heterocycles. The number of carbonyl (C=O) groups is 1. The van der Waals surface area contributed by atoms with Crippen LogP contribution in [-0.4, -0.2) is 17.5 Å². The van der Waals surface area contributed by atoms with E-state index < -0.39 is 0 Å². The molecule has 1 saturated carbocycles. The molecule has 7 heteroatoms. The van der Waals surface area contributed by atoms with Crippen LogP contribution in [0.5, 0.6) is 5.88 Å². The van der Waals surface area contributed by atoms with E-state index in [1.54, 1.807) is 12.3 Å². The van der Waals surface area contributed by atoms with E-state index in [-0.39, 0.29) is 12.3 Å². The van der Waals surface area contributed by atoms with Crippen molar-refractivity contribution in [2.24, 2.45) is 11.1 Å². The molecule has 1 aromatic heterocycles. The van der Waals surface area contributed by atoms with Gasteiger partial charge in [-0.3, -0.25) is 9.93 Å². The first-order valence-electron chi connectivity index (χ1n) is 9.59. The molecule has 1 aliphatic rings. The third-order valence-corrected chi connectivity index (χ3v) is 5.95. The topological polar surface area (TPSA) is 77.2 Å². The summed E-state index contributed by atoms with van der Waals surface area (Å²) in [5.74, 6) is 1.21. The second-order valence-electron chi connectivity index (χ2n) is 7.20. The molecule has 0 saturated heterocycles. The number of anilines is 1. The molecule has 1 aliphatic carbocycles. The van der Waals surface area contributed by atoms with Gasteiger partial charge >= 0.3 is 0 Å². The van der Waals surface area contributed by atoms with Crippen LogP contribution in [0, 0.1) is 5.92 Å². The number of benzene rings is 2. The zero-order valence-electron chi connectivity index (χ0n) is 15.9. The van der Waals surface area contributed by atoms with Crippen LogP contribution in [0.4, 0.5) is 5.69 Å². The van der Waals surface area contributed by atoms with Crippen molar-refractivity contribution in [3.8, 4) is 5.88 Å². The number of hydrogen-bond acceptors (Lipinski definition) is 5. The first-order valence-corrected chi connectivity index (χ1v) is 10.9. The molecule has 0 radical (unpaired) electrons. The summed E-state index contributed by atoms with van der Waals surface area (Å²) in [6, 6.07) is 13.0. The van der Waals surface area contributed by atoms with Gasteiger partial charge in [0.05, 0.1) is 13.0 Å². The van der Waals surface area contributed by atoms with E-state index in [1.165, 1.54) is 12.8 Å². The van der Waals surface area contributed by atoms with E-state index in [2.05, 4.69) is 10.3 Å². The lowest BCUT2D eigenvalue weighted by atomic mass is 10.1. The zero-order valence-corrected chi connectivity index (χ0v) is 17.4. The fourth-order valence-electron chi connectivity index (χ4n) is 3.26. The van der Waals surface area contributed by atoms with Crippen LogP contribution in [-0.2, 0) is 11.2 Å². The average Bonchev–Trinajstić information content (AvgIpc) is 3.54. The Bertz CT molecular complexity index is 1040. The second-order valence-corrected chi connectivity index (χ2v) is 8.28. The van der Waals surface area contributed by atoms with Crippen molar-refractivity contribution in [3.05, 3.63) is 59.2 Å². The predicted molar refractivity (Wildman–Crippen MR) is 118 cm³/mol. The van der Waals surface area contributed by atoms with E-state index in [0.717, 1.165) is 45.5 Å². The molecular weight excluding hydrogens is 406 g/mol. The molecule has 29 heavy (non-hydrogen) atoms. The Kier molecular flexibility index (Phi) is 6.23. The van der Waals surface area contributed by atoms with Crippen molar-refractivity contribution in [1.82, 2.24) is 4.98 Å². The average molecular weight is 428 g/mol. The summed E-state index contributed by atoms with van der Waals surface area (Å²) < 4.78 is 5.95. The van der Waals surface area contributed by atoms with E-state index in [1.807, 2.05) is 36.4 Å². The minimum Gasteiger partial charge on any atom is -0.477 e. The van der Waals surface area contributed by atoms with Gasteiger partial charge in [-0.2, -0.15) is 0 Å². The summed E-state index contributed by atoms with van der Waals surface area (Å²) in [6.07, 6.45) is 5.55. The number of nitrogens with one attached hydrogen (secondary N) is 1. The molecule has 3 aromatic rings. The molecule has 2 aromatic carbocycles. The fourth-order valence-corrected chi connectivity index (χ4v) is 3.96. The predicted octanol–water partition coefficient (Wildman–Crippen LogP) is 5.21. The largest absolute Gasteiger partial charge is 0.477 e. The lowest BCUT2D eigenvalue weighted by Gasteiger charge is -2.13. The van der Waals surface area contributed by atoms with Gasteiger partial charge < -0.3 is 10.1 Å². The Hall–Kier alpha value is -2.28. The van der Waals surface area contributed by atoms with Gasteiger partial charge in [0.25, 0.3) is 0 Å². The van der Waals surface area contributed by atoms with Crippen LogP contribution in [0.25, 0.3) is 10.8 Å². The molecule has 0 spiro atoms. The monoisotopic (exact) mass is 427 g/mol. The molecule has 1 amide bonds. The van der Waals surface area contributed by atoms with Crippen LogP contribution < -0.4 is 15.2 Å². The summed E-state index contributed by atoms with van der Waals surface area (Å²) >= 11 is 7.31. The number of carbonyl (C=O) groups excluding carboxylic acids is 1. The first-order chi connectivity index (χ1) is 14.1. The van der Waals surface area contributed by atoms with Gasteiger partial charge in [-0.05, 0) is 54.1 Å². The number of pyridine rings is 1. The van der Waals surface area contributed by atoms with Crippen molar-refractivity contribution in [2.45, 2.75) is 30.6 Å². The third-order valence-electron chi connectivity index (χ3n) is 4.99. The van der Waals surface area contributed by atoms with Gasteiger partial charge in [-0.15, -0.1) is 0 Å². The number of ether oxygens (including phenoxy) is 1. The molecule has 0 unspecified atom stereocenters. The third kappa shape index (κ3) is 5.01. The van der Waals surface area contributed by atoms with Gasteiger partial charge in [0.2, 0.25) is 11.8 Å². The van der Waals surface area contributed by atoms with Gasteiger partial charge in [-0.25, -0.2) is 4.98 Å². The van der Waals surface area contributed by atoms with Crippen LogP contribution >= 0.6 is 23.5 Å². The number of nitrogens with zero attached hydrogens (tertiary/aromatic N) is 1. The molecule has 0 atom stereocenters. The van der Waals surface area contributed by atoms with E-state index >= 15 is 0 Å². The molecular formula is C22H22ClN3O2S. The molecule has 0 bridgehead atoms. The lowest BCUT2D eigenvalue weighted by molar-refractivity contribution is -0.115. The van der Waals surface area contributed by atoms with Crippen LogP contribution in [0.15, 0.2) is 53.6 Å². The SMILES string of the molecule is NSc1cc(NC(=O)Cc2ccccc2Cl)cc2c(OCCC3CC3)nccc12. The van der Waals surface area contributed by atoms with E-state index in [0.29, 0.717) is 23.2 Å².